The van der Waals surface area contributed by atoms with E-state index in [-0.39, 0.29) is 15.6 Å². The highest BCUT2D eigenvalue weighted by atomic mass is 35.5. The number of hydrogen-bond acceptors (Lipinski definition) is 3. The fourth-order valence-electron chi connectivity index (χ4n) is 0.983. The number of halogens is 3. The molecular formula is C6H2Cl3N3O. The number of aromatic nitrogens is 3. The van der Waals surface area contributed by atoms with Crippen LogP contribution in [-0.4, -0.2) is 20.4 Å². The molecule has 0 saturated heterocycles. The summed E-state index contributed by atoms with van der Waals surface area (Å²) in [5.41, 5.74) is 0.526. The molecule has 0 fully saturated rings. The third-order valence-electron chi connectivity index (χ3n) is 1.55. The van der Waals surface area contributed by atoms with E-state index in [1.165, 1.54) is 6.07 Å². The Hall–Kier alpha value is -0.710. The van der Waals surface area contributed by atoms with Gasteiger partial charge in [0.1, 0.15) is 5.52 Å². The second kappa shape index (κ2) is 2.90. The molecule has 0 spiro atoms. The zero-order valence-corrected chi connectivity index (χ0v) is 8.27. The molecule has 0 atom stereocenters. The molecule has 0 unspecified atom stereocenters. The molecule has 68 valence electrons. The highest BCUT2D eigenvalue weighted by Gasteiger charge is 2.14. The molecule has 2 rings (SSSR count). The Balaban J connectivity index is 3.00. The van der Waals surface area contributed by atoms with Crippen LogP contribution in [0.2, 0.25) is 15.1 Å². The van der Waals surface area contributed by atoms with E-state index in [4.69, 9.17) is 34.8 Å². The van der Waals surface area contributed by atoms with Crippen molar-refractivity contribution in [2.45, 2.75) is 0 Å². The Bertz CT molecular complexity index is 481. The van der Waals surface area contributed by atoms with Gasteiger partial charge in [0.2, 0.25) is 0 Å². The molecule has 1 aromatic carbocycles. The lowest BCUT2D eigenvalue weighted by Gasteiger charge is -1.98. The van der Waals surface area contributed by atoms with Gasteiger partial charge in [-0.3, -0.25) is 0 Å². The van der Waals surface area contributed by atoms with Crippen LogP contribution >= 0.6 is 34.8 Å². The monoisotopic (exact) mass is 237 g/mol. The van der Waals surface area contributed by atoms with E-state index in [1.54, 1.807) is 0 Å². The summed E-state index contributed by atoms with van der Waals surface area (Å²) in [5.74, 6) is 0. The van der Waals surface area contributed by atoms with Gasteiger partial charge >= 0.3 is 0 Å². The molecule has 13 heavy (non-hydrogen) atoms. The van der Waals surface area contributed by atoms with Gasteiger partial charge in [0.15, 0.2) is 5.52 Å². The highest BCUT2D eigenvalue weighted by molar-refractivity contribution is 6.47. The minimum absolute atomic E-state index is 0.175. The lowest BCUT2D eigenvalue weighted by Crippen LogP contribution is -1.92. The minimum Gasteiger partial charge on any atom is -0.410 e. The number of hydrogen-bond donors (Lipinski definition) is 1. The van der Waals surface area contributed by atoms with Gasteiger partial charge in [-0.15, -0.1) is 5.10 Å². The molecule has 1 N–H and O–H groups in total. The van der Waals surface area contributed by atoms with Gasteiger partial charge in [0, 0.05) is 0 Å². The number of fused-ring (bicyclic) bond motifs is 1. The van der Waals surface area contributed by atoms with E-state index in [0.29, 0.717) is 15.4 Å². The summed E-state index contributed by atoms with van der Waals surface area (Å²) in [6, 6.07) is 1.45. The van der Waals surface area contributed by atoms with Gasteiger partial charge in [-0.05, 0) is 11.3 Å². The van der Waals surface area contributed by atoms with Gasteiger partial charge in [0.25, 0.3) is 0 Å². The molecule has 2 aromatic rings. The summed E-state index contributed by atoms with van der Waals surface area (Å²) in [7, 11) is 0. The average Bonchev–Trinajstić information content (AvgIpc) is 2.44. The molecule has 0 aliphatic heterocycles. The van der Waals surface area contributed by atoms with Crippen molar-refractivity contribution in [3.63, 3.8) is 0 Å². The van der Waals surface area contributed by atoms with Crippen molar-refractivity contribution in [3.05, 3.63) is 21.1 Å². The van der Waals surface area contributed by atoms with E-state index < -0.39 is 0 Å². The lowest BCUT2D eigenvalue weighted by atomic mass is 10.3. The van der Waals surface area contributed by atoms with Gasteiger partial charge < -0.3 is 5.21 Å². The van der Waals surface area contributed by atoms with Crippen molar-refractivity contribution in [2.24, 2.45) is 0 Å². The zero-order chi connectivity index (χ0) is 9.59. The zero-order valence-electron chi connectivity index (χ0n) is 6.00. The van der Waals surface area contributed by atoms with Gasteiger partial charge in [-0.2, -0.15) is 0 Å². The lowest BCUT2D eigenvalue weighted by molar-refractivity contribution is 0.155. The minimum atomic E-state index is 0.175. The van der Waals surface area contributed by atoms with E-state index in [0.717, 1.165) is 0 Å². The second-order valence-electron chi connectivity index (χ2n) is 2.33. The van der Waals surface area contributed by atoms with Crippen LogP contribution in [0.1, 0.15) is 0 Å². The Kier molecular flexibility index (Phi) is 1.98. The molecule has 0 aliphatic rings. The molecule has 7 heteroatoms. The fourth-order valence-corrected chi connectivity index (χ4v) is 1.69. The van der Waals surface area contributed by atoms with Crippen molar-refractivity contribution >= 4 is 45.8 Å². The first-order chi connectivity index (χ1) is 6.11. The number of benzene rings is 1. The van der Waals surface area contributed by atoms with Crippen molar-refractivity contribution in [1.82, 2.24) is 15.2 Å². The Morgan fingerprint density at radius 2 is 1.92 bits per heavy atom. The predicted octanol–water partition coefficient (Wildman–Crippen LogP) is 2.63. The van der Waals surface area contributed by atoms with Crippen LogP contribution < -0.4 is 0 Å². The number of nitrogens with zero attached hydrogens (tertiary/aromatic N) is 3. The van der Waals surface area contributed by atoms with Crippen LogP contribution in [0.5, 0.6) is 0 Å². The molecule has 0 bridgehead atoms. The molecule has 1 heterocycles. The van der Waals surface area contributed by atoms with E-state index in [2.05, 4.69) is 10.3 Å². The maximum atomic E-state index is 9.18. The van der Waals surface area contributed by atoms with Gasteiger partial charge in [0.05, 0.1) is 15.1 Å². The molecule has 0 saturated carbocycles. The molecular weight excluding hydrogens is 236 g/mol. The predicted molar refractivity (Wildman–Crippen MR) is 49.7 cm³/mol. The van der Waals surface area contributed by atoms with Crippen LogP contribution in [-0.2, 0) is 0 Å². The van der Waals surface area contributed by atoms with Crippen molar-refractivity contribution < 1.29 is 5.21 Å². The van der Waals surface area contributed by atoms with Crippen LogP contribution in [0.4, 0.5) is 0 Å². The Labute approximate surface area is 87.6 Å². The third kappa shape index (κ3) is 1.22. The standard InChI is InChI=1S/C6H2Cl3N3O/c7-2-1-3(8)5-6(4(2)9)12(13)11-10-5/h1,13H. The summed E-state index contributed by atoms with van der Waals surface area (Å²) in [6.45, 7) is 0. The van der Waals surface area contributed by atoms with Crippen LogP contribution in [0.25, 0.3) is 11.0 Å². The van der Waals surface area contributed by atoms with Crippen LogP contribution in [0.15, 0.2) is 6.07 Å². The molecule has 0 aliphatic carbocycles. The largest absolute Gasteiger partial charge is 0.410 e. The molecule has 0 amide bonds. The molecule has 4 nitrogen and oxygen atoms in total. The van der Waals surface area contributed by atoms with E-state index in [9.17, 15) is 5.21 Å². The van der Waals surface area contributed by atoms with Crippen molar-refractivity contribution in [3.8, 4) is 0 Å². The van der Waals surface area contributed by atoms with E-state index >= 15 is 0 Å². The fraction of sp³-hybridized carbons (Fsp3) is 0. The summed E-state index contributed by atoms with van der Waals surface area (Å²) < 4.78 is 0. The smallest absolute Gasteiger partial charge is 0.152 e. The number of rotatable bonds is 0. The van der Waals surface area contributed by atoms with E-state index in [1.807, 2.05) is 0 Å². The summed E-state index contributed by atoms with van der Waals surface area (Å²) in [4.78, 5) is 0.537. The first kappa shape index (κ1) is 8.87. The first-order valence-electron chi connectivity index (χ1n) is 3.19. The Morgan fingerprint density at radius 1 is 1.23 bits per heavy atom. The average molecular weight is 238 g/mol. The SMILES string of the molecule is On1nnc2c(Cl)cc(Cl)c(Cl)c21. The Morgan fingerprint density at radius 3 is 2.62 bits per heavy atom. The quantitative estimate of drug-likeness (QED) is 0.567. The summed E-state index contributed by atoms with van der Waals surface area (Å²) in [5, 5.41) is 16.9. The van der Waals surface area contributed by atoms with Crippen molar-refractivity contribution in [1.29, 1.82) is 0 Å². The molecule has 1 aromatic heterocycles. The maximum Gasteiger partial charge on any atom is 0.152 e. The maximum absolute atomic E-state index is 9.18. The molecule has 0 radical (unpaired) electrons. The van der Waals surface area contributed by atoms with Crippen LogP contribution in [0, 0.1) is 0 Å². The van der Waals surface area contributed by atoms with Crippen LogP contribution in [0.3, 0.4) is 0 Å². The summed E-state index contributed by atoms with van der Waals surface area (Å²) >= 11 is 17.3. The first-order valence-corrected chi connectivity index (χ1v) is 4.33. The van der Waals surface area contributed by atoms with Gasteiger partial charge in [-0.1, -0.05) is 39.6 Å². The van der Waals surface area contributed by atoms with Crippen molar-refractivity contribution in [2.75, 3.05) is 0 Å². The second-order valence-corrected chi connectivity index (χ2v) is 3.52. The summed E-state index contributed by atoms with van der Waals surface area (Å²) in [6.07, 6.45) is 0. The highest BCUT2D eigenvalue weighted by Crippen LogP contribution is 2.33. The third-order valence-corrected chi connectivity index (χ3v) is 2.62. The normalized spacial score (nSPS) is 11.0. The topological polar surface area (TPSA) is 50.9 Å². The van der Waals surface area contributed by atoms with Gasteiger partial charge in [-0.25, -0.2) is 0 Å².